The number of rotatable bonds is 8. The molecular weight excluding hydrogens is 396 g/mol. The summed E-state index contributed by atoms with van der Waals surface area (Å²) in [6.45, 7) is 0.834. The van der Waals surface area contributed by atoms with Crippen molar-refractivity contribution in [1.82, 2.24) is 10.2 Å². The summed E-state index contributed by atoms with van der Waals surface area (Å²) in [5.41, 5.74) is 3.55. The van der Waals surface area contributed by atoms with Gasteiger partial charge in [-0.25, -0.2) is 0 Å². The van der Waals surface area contributed by atoms with Gasteiger partial charge in [-0.1, -0.05) is 66.7 Å². The molecule has 0 radical (unpaired) electrons. The van der Waals surface area contributed by atoms with Gasteiger partial charge in [0, 0.05) is 25.1 Å². The minimum absolute atomic E-state index is 0.0102. The molecule has 0 aromatic heterocycles. The van der Waals surface area contributed by atoms with E-state index in [1.807, 2.05) is 41.3 Å². The van der Waals surface area contributed by atoms with Gasteiger partial charge in [-0.05, 0) is 62.0 Å². The maximum absolute atomic E-state index is 12.9. The first-order chi connectivity index (χ1) is 15.7. The lowest BCUT2D eigenvalue weighted by Crippen LogP contribution is -2.39. The molecule has 0 saturated carbocycles. The molecule has 0 bridgehead atoms. The molecule has 1 fully saturated rings. The molecule has 168 valence electrons. The number of amides is 2. The second-order valence-electron chi connectivity index (χ2n) is 9.02. The predicted molar refractivity (Wildman–Crippen MR) is 128 cm³/mol. The van der Waals surface area contributed by atoms with Crippen LogP contribution in [0.15, 0.2) is 72.4 Å². The Morgan fingerprint density at radius 3 is 2.44 bits per heavy atom. The van der Waals surface area contributed by atoms with Gasteiger partial charge in [0.1, 0.15) is 0 Å². The van der Waals surface area contributed by atoms with Gasteiger partial charge in [-0.2, -0.15) is 0 Å². The number of nitrogens with one attached hydrogen (secondary N) is 1. The van der Waals surface area contributed by atoms with Crippen molar-refractivity contribution in [3.63, 3.8) is 0 Å². The number of nitrogens with zero attached hydrogens (tertiary/aromatic N) is 1. The molecule has 4 nitrogen and oxygen atoms in total. The van der Waals surface area contributed by atoms with Crippen LogP contribution in [0.25, 0.3) is 0 Å². The standard InChI is InChI=1S/C28H34N2O2/c31-27(18-9-19-28(32)30-20-10-16-24-15-7-8-17-26(24)30)29-25(23-13-5-2-6-14-23)21-22-11-3-1-4-12-22/h1-6,11-14,17,24-25H,7-10,15-16,18-21H2,(H,29,31). The van der Waals surface area contributed by atoms with E-state index in [1.54, 1.807) is 0 Å². The molecule has 1 aliphatic heterocycles. The molecule has 2 aromatic carbocycles. The minimum Gasteiger partial charge on any atom is -0.349 e. The van der Waals surface area contributed by atoms with E-state index in [-0.39, 0.29) is 17.9 Å². The molecule has 2 unspecified atom stereocenters. The first-order valence-corrected chi connectivity index (χ1v) is 12.1. The Labute approximate surface area is 191 Å². The average molecular weight is 431 g/mol. The van der Waals surface area contributed by atoms with Gasteiger partial charge in [0.05, 0.1) is 6.04 Å². The van der Waals surface area contributed by atoms with Crippen LogP contribution in [0.1, 0.15) is 68.5 Å². The zero-order chi connectivity index (χ0) is 22.2. The fourth-order valence-electron chi connectivity index (χ4n) is 5.03. The monoisotopic (exact) mass is 430 g/mol. The highest BCUT2D eigenvalue weighted by Gasteiger charge is 2.30. The van der Waals surface area contributed by atoms with Gasteiger partial charge in [0.2, 0.25) is 11.8 Å². The maximum Gasteiger partial charge on any atom is 0.226 e. The number of likely N-dealkylation sites (tertiary alicyclic amines) is 1. The van der Waals surface area contributed by atoms with Crippen LogP contribution < -0.4 is 5.32 Å². The summed E-state index contributed by atoms with van der Waals surface area (Å²) in [6, 6.07) is 20.3. The van der Waals surface area contributed by atoms with Crippen LogP contribution in [0.4, 0.5) is 0 Å². The van der Waals surface area contributed by atoms with Crippen molar-refractivity contribution in [1.29, 1.82) is 0 Å². The molecule has 1 heterocycles. The third-order valence-corrected chi connectivity index (χ3v) is 6.69. The Morgan fingerprint density at radius 2 is 1.66 bits per heavy atom. The Balaban J connectivity index is 1.30. The second kappa shape index (κ2) is 11.1. The van der Waals surface area contributed by atoms with Crippen molar-refractivity contribution in [3.05, 3.63) is 83.6 Å². The highest BCUT2D eigenvalue weighted by molar-refractivity contribution is 5.80. The molecule has 0 spiro atoms. The zero-order valence-electron chi connectivity index (χ0n) is 18.8. The van der Waals surface area contributed by atoms with E-state index in [0.717, 1.165) is 31.4 Å². The quantitative estimate of drug-likeness (QED) is 0.596. The number of carbonyl (C=O) groups excluding carboxylic acids is 2. The van der Waals surface area contributed by atoms with Crippen LogP contribution in [0, 0.1) is 5.92 Å². The predicted octanol–water partition coefficient (Wildman–Crippen LogP) is 5.56. The van der Waals surface area contributed by atoms with E-state index in [1.165, 1.54) is 30.5 Å². The molecule has 1 saturated heterocycles. The van der Waals surface area contributed by atoms with E-state index < -0.39 is 0 Å². The van der Waals surface area contributed by atoms with Crippen LogP contribution in [0.5, 0.6) is 0 Å². The number of benzene rings is 2. The van der Waals surface area contributed by atoms with Crippen LogP contribution in [-0.4, -0.2) is 23.3 Å². The smallest absolute Gasteiger partial charge is 0.226 e. The van der Waals surface area contributed by atoms with Crippen LogP contribution in [0.2, 0.25) is 0 Å². The van der Waals surface area contributed by atoms with Crippen molar-refractivity contribution < 1.29 is 9.59 Å². The molecule has 2 aliphatic rings. The van der Waals surface area contributed by atoms with Crippen LogP contribution in [-0.2, 0) is 16.0 Å². The second-order valence-corrected chi connectivity index (χ2v) is 9.02. The summed E-state index contributed by atoms with van der Waals surface area (Å²) >= 11 is 0. The number of hydrogen-bond donors (Lipinski definition) is 1. The number of fused-ring (bicyclic) bond motifs is 1. The molecule has 2 aromatic rings. The third-order valence-electron chi connectivity index (χ3n) is 6.69. The van der Waals surface area contributed by atoms with Gasteiger partial charge in [0.15, 0.2) is 0 Å². The first-order valence-electron chi connectivity index (χ1n) is 12.1. The van der Waals surface area contributed by atoms with Crippen LogP contribution in [0.3, 0.4) is 0 Å². The summed E-state index contributed by atoms with van der Waals surface area (Å²) in [7, 11) is 0. The zero-order valence-corrected chi connectivity index (χ0v) is 18.8. The highest BCUT2D eigenvalue weighted by Crippen LogP contribution is 2.35. The topological polar surface area (TPSA) is 49.4 Å². The Kier molecular flexibility index (Phi) is 7.76. The third kappa shape index (κ3) is 5.87. The molecule has 2 atom stereocenters. The number of piperidine rings is 1. The molecule has 32 heavy (non-hydrogen) atoms. The van der Waals surface area contributed by atoms with E-state index in [0.29, 0.717) is 25.2 Å². The minimum atomic E-state index is -0.0722. The summed E-state index contributed by atoms with van der Waals surface area (Å²) < 4.78 is 0. The summed E-state index contributed by atoms with van der Waals surface area (Å²) in [5.74, 6) is 0.755. The molecule has 4 rings (SSSR count). The van der Waals surface area contributed by atoms with Gasteiger partial charge in [-0.15, -0.1) is 0 Å². The van der Waals surface area contributed by atoms with Gasteiger partial charge in [0.25, 0.3) is 0 Å². The Morgan fingerprint density at radius 1 is 0.938 bits per heavy atom. The Hall–Kier alpha value is -2.88. The van der Waals surface area contributed by atoms with E-state index in [4.69, 9.17) is 0 Å². The molecule has 1 N–H and O–H groups in total. The summed E-state index contributed by atoms with van der Waals surface area (Å²) in [5, 5.41) is 3.21. The fourth-order valence-corrected chi connectivity index (χ4v) is 5.03. The number of carbonyl (C=O) groups is 2. The molecule has 2 amide bonds. The maximum atomic E-state index is 12.9. The first kappa shape index (κ1) is 22.3. The lowest BCUT2D eigenvalue weighted by atomic mass is 9.85. The highest BCUT2D eigenvalue weighted by atomic mass is 16.2. The van der Waals surface area contributed by atoms with E-state index in [2.05, 4.69) is 35.7 Å². The molecular formula is C28H34N2O2. The molecule has 1 aliphatic carbocycles. The number of hydrogen-bond acceptors (Lipinski definition) is 2. The van der Waals surface area contributed by atoms with Crippen molar-refractivity contribution in [2.24, 2.45) is 5.92 Å². The number of allylic oxidation sites excluding steroid dienone is 2. The van der Waals surface area contributed by atoms with Crippen molar-refractivity contribution in [3.8, 4) is 0 Å². The Bertz CT molecular complexity index is 923. The SMILES string of the molecule is O=C(CCCC(=O)N1CCCC2CCCC=C21)NC(Cc1ccccc1)c1ccccc1. The van der Waals surface area contributed by atoms with Gasteiger partial charge < -0.3 is 10.2 Å². The lowest BCUT2D eigenvalue weighted by molar-refractivity contribution is -0.130. The fraction of sp³-hybridized carbons (Fsp3) is 0.429. The molecule has 4 heteroatoms. The largest absolute Gasteiger partial charge is 0.349 e. The van der Waals surface area contributed by atoms with Crippen molar-refractivity contribution in [2.75, 3.05) is 6.54 Å². The lowest BCUT2D eigenvalue weighted by Gasteiger charge is -2.38. The van der Waals surface area contributed by atoms with E-state index in [9.17, 15) is 9.59 Å². The van der Waals surface area contributed by atoms with E-state index >= 15 is 0 Å². The van der Waals surface area contributed by atoms with Gasteiger partial charge in [-0.3, -0.25) is 9.59 Å². The van der Waals surface area contributed by atoms with Crippen molar-refractivity contribution in [2.45, 2.75) is 63.8 Å². The summed E-state index contributed by atoms with van der Waals surface area (Å²) in [6.07, 6.45) is 10.2. The average Bonchev–Trinajstić information content (AvgIpc) is 2.84. The normalized spacial score (nSPS) is 18.9. The van der Waals surface area contributed by atoms with Crippen LogP contribution >= 0.6 is 0 Å². The summed E-state index contributed by atoms with van der Waals surface area (Å²) in [4.78, 5) is 27.6. The van der Waals surface area contributed by atoms with Gasteiger partial charge >= 0.3 is 0 Å². The van der Waals surface area contributed by atoms with Crippen molar-refractivity contribution >= 4 is 11.8 Å².